The first-order chi connectivity index (χ1) is 11.4. The van der Waals surface area contributed by atoms with E-state index in [0.717, 1.165) is 15.6 Å². The first-order valence-corrected chi connectivity index (χ1v) is 8.30. The van der Waals surface area contributed by atoms with Crippen LogP contribution in [0.3, 0.4) is 0 Å². The lowest BCUT2D eigenvalue weighted by Crippen LogP contribution is -2.25. The molecule has 0 saturated heterocycles. The number of carbonyl (C=O) groups is 1. The molecule has 2 rings (SSSR count). The average Bonchev–Trinajstić information content (AvgIpc) is 2.54. The number of pyridine rings is 1. The van der Waals surface area contributed by atoms with E-state index in [4.69, 9.17) is 4.74 Å². The lowest BCUT2D eigenvalue weighted by atomic mass is 9.86. The molecule has 2 aromatic rings. The van der Waals surface area contributed by atoms with Crippen molar-refractivity contribution in [3.63, 3.8) is 0 Å². The Balaban J connectivity index is 1.94. The van der Waals surface area contributed by atoms with Crippen molar-refractivity contribution in [2.75, 3.05) is 6.61 Å². The molecule has 0 spiro atoms. The molecule has 5 nitrogen and oxygen atoms in total. The average molecular weight is 390 g/mol. The van der Waals surface area contributed by atoms with Crippen LogP contribution in [0.5, 0.6) is 5.75 Å². The van der Waals surface area contributed by atoms with Gasteiger partial charge in [0.05, 0.1) is 6.21 Å². The number of halogens is 1. The number of aromatic nitrogens is 1. The predicted octanol–water partition coefficient (Wildman–Crippen LogP) is 3.67. The zero-order valence-corrected chi connectivity index (χ0v) is 15.5. The molecule has 1 amide bonds. The van der Waals surface area contributed by atoms with Crippen molar-refractivity contribution in [2.24, 2.45) is 5.10 Å². The summed E-state index contributed by atoms with van der Waals surface area (Å²) in [4.78, 5) is 15.8. The van der Waals surface area contributed by atoms with Gasteiger partial charge in [0.2, 0.25) is 0 Å². The Labute approximate surface area is 150 Å². The van der Waals surface area contributed by atoms with Crippen LogP contribution in [-0.4, -0.2) is 23.7 Å². The lowest BCUT2D eigenvalue weighted by molar-refractivity contribution is -0.123. The SMILES string of the molecule is CC(C)(C)c1cc(Br)ccc1OCC(=O)N/N=C/c1cccnc1. The molecule has 1 aromatic carbocycles. The number of rotatable bonds is 5. The second kappa shape index (κ2) is 8.06. The number of hydrogen-bond acceptors (Lipinski definition) is 4. The lowest BCUT2D eigenvalue weighted by Gasteiger charge is -2.23. The van der Waals surface area contributed by atoms with Crippen LogP contribution < -0.4 is 10.2 Å². The molecule has 0 radical (unpaired) electrons. The van der Waals surface area contributed by atoms with Gasteiger partial charge in [0, 0.05) is 28.0 Å². The molecule has 0 bridgehead atoms. The van der Waals surface area contributed by atoms with E-state index in [1.54, 1.807) is 18.5 Å². The third-order valence-electron chi connectivity index (χ3n) is 3.20. The van der Waals surface area contributed by atoms with Crippen LogP contribution >= 0.6 is 15.9 Å². The van der Waals surface area contributed by atoms with Crippen LogP contribution in [0.25, 0.3) is 0 Å². The number of carbonyl (C=O) groups excluding carboxylic acids is 1. The largest absolute Gasteiger partial charge is 0.483 e. The number of hydrogen-bond donors (Lipinski definition) is 1. The highest BCUT2D eigenvalue weighted by molar-refractivity contribution is 9.10. The third-order valence-corrected chi connectivity index (χ3v) is 3.69. The van der Waals surface area contributed by atoms with Crippen molar-refractivity contribution in [1.29, 1.82) is 0 Å². The first kappa shape index (κ1) is 18.1. The molecular formula is C18H20BrN3O2. The van der Waals surface area contributed by atoms with Gasteiger partial charge in [0.15, 0.2) is 6.61 Å². The molecule has 0 fully saturated rings. The molecule has 1 N–H and O–H groups in total. The molecule has 0 saturated carbocycles. The Morgan fingerprint density at radius 1 is 1.38 bits per heavy atom. The number of nitrogens with zero attached hydrogens (tertiary/aromatic N) is 2. The van der Waals surface area contributed by atoms with Gasteiger partial charge in [-0.15, -0.1) is 0 Å². The highest BCUT2D eigenvalue weighted by atomic mass is 79.9. The molecular weight excluding hydrogens is 370 g/mol. The normalized spacial score (nSPS) is 11.5. The van der Waals surface area contributed by atoms with Gasteiger partial charge in [-0.1, -0.05) is 42.8 Å². The maximum Gasteiger partial charge on any atom is 0.277 e. The van der Waals surface area contributed by atoms with E-state index in [2.05, 4.69) is 52.2 Å². The van der Waals surface area contributed by atoms with E-state index < -0.39 is 0 Å². The molecule has 0 aliphatic heterocycles. The van der Waals surface area contributed by atoms with Crippen LogP contribution in [-0.2, 0) is 10.2 Å². The van der Waals surface area contributed by atoms with Crippen molar-refractivity contribution in [2.45, 2.75) is 26.2 Å². The highest BCUT2D eigenvalue weighted by Crippen LogP contribution is 2.33. The second-order valence-electron chi connectivity index (χ2n) is 6.26. The van der Waals surface area contributed by atoms with E-state index in [1.165, 1.54) is 6.21 Å². The van der Waals surface area contributed by atoms with Crippen LogP contribution in [0.1, 0.15) is 31.9 Å². The number of hydrazone groups is 1. The quantitative estimate of drug-likeness (QED) is 0.626. The minimum atomic E-state index is -0.321. The molecule has 1 heterocycles. The molecule has 0 atom stereocenters. The van der Waals surface area contributed by atoms with Crippen LogP contribution in [0, 0.1) is 0 Å². The van der Waals surface area contributed by atoms with Gasteiger partial charge in [-0.25, -0.2) is 5.43 Å². The highest BCUT2D eigenvalue weighted by Gasteiger charge is 2.19. The fourth-order valence-corrected chi connectivity index (χ4v) is 2.38. The van der Waals surface area contributed by atoms with Gasteiger partial charge >= 0.3 is 0 Å². The summed E-state index contributed by atoms with van der Waals surface area (Å²) < 4.78 is 6.64. The number of ether oxygens (including phenoxy) is 1. The van der Waals surface area contributed by atoms with Crippen LogP contribution in [0.15, 0.2) is 52.3 Å². The fourth-order valence-electron chi connectivity index (χ4n) is 2.02. The van der Waals surface area contributed by atoms with Gasteiger partial charge in [-0.05, 0) is 29.7 Å². The van der Waals surface area contributed by atoms with Crippen molar-refractivity contribution in [3.8, 4) is 5.75 Å². The summed E-state index contributed by atoms with van der Waals surface area (Å²) >= 11 is 3.47. The van der Waals surface area contributed by atoms with E-state index in [0.29, 0.717) is 5.75 Å². The van der Waals surface area contributed by atoms with Gasteiger partial charge in [0.25, 0.3) is 5.91 Å². The minimum Gasteiger partial charge on any atom is -0.483 e. The molecule has 126 valence electrons. The minimum absolute atomic E-state index is 0.0892. The van der Waals surface area contributed by atoms with Crippen molar-refractivity contribution in [3.05, 3.63) is 58.3 Å². The zero-order chi connectivity index (χ0) is 17.6. The molecule has 1 aromatic heterocycles. The molecule has 0 aliphatic carbocycles. The van der Waals surface area contributed by atoms with Crippen LogP contribution in [0.4, 0.5) is 0 Å². The Morgan fingerprint density at radius 3 is 2.83 bits per heavy atom. The Morgan fingerprint density at radius 2 is 2.17 bits per heavy atom. The summed E-state index contributed by atoms with van der Waals surface area (Å²) in [6, 6.07) is 9.40. The standard InChI is InChI=1S/C18H20BrN3O2/c1-18(2,3)15-9-14(19)6-7-16(15)24-12-17(23)22-21-11-13-5-4-8-20-10-13/h4-11H,12H2,1-3H3,(H,22,23)/b21-11+. The Bertz CT molecular complexity index is 725. The summed E-state index contributed by atoms with van der Waals surface area (Å²) in [6.45, 7) is 6.19. The predicted molar refractivity (Wildman–Crippen MR) is 98.3 cm³/mol. The summed E-state index contributed by atoms with van der Waals surface area (Å²) in [6.07, 6.45) is 4.86. The molecule has 24 heavy (non-hydrogen) atoms. The summed E-state index contributed by atoms with van der Waals surface area (Å²) in [7, 11) is 0. The van der Waals surface area contributed by atoms with Gasteiger partial charge in [-0.3, -0.25) is 9.78 Å². The van der Waals surface area contributed by atoms with Gasteiger partial charge in [-0.2, -0.15) is 5.10 Å². The fraction of sp³-hybridized carbons (Fsp3) is 0.278. The number of nitrogens with one attached hydrogen (secondary N) is 1. The summed E-state index contributed by atoms with van der Waals surface area (Å²) in [5.41, 5.74) is 4.19. The maximum absolute atomic E-state index is 11.9. The van der Waals surface area contributed by atoms with Crippen LogP contribution in [0.2, 0.25) is 0 Å². The Kier molecular flexibility index (Phi) is 6.09. The number of benzene rings is 1. The molecule has 0 unspecified atom stereocenters. The molecule has 6 heteroatoms. The molecule has 0 aliphatic rings. The maximum atomic E-state index is 11.9. The summed E-state index contributed by atoms with van der Waals surface area (Å²) in [5.74, 6) is 0.370. The van der Waals surface area contributed by atoms with Crippen molar-refractivity contribution in [1.82, 2.24) is 10.4 Å². The van der Waals surface area contributed by atoms with E-state index in [1.807, 2.05) is 24.3 Å². The van der Waals surface area contributed by atoms with Gasteiger partial charge < -0.3 is 4.74 Å². The summed E-state index contributed by atoms with van der Waals surface area (Å²) in [5, 5.41) is 3.89. The zero-order valence-electron chi connectivity index (χ0n) is 13.9. The second-order valence-corrected chi connectivity index (χ2v) is 7.17. The number of amides is 1. The third kappa shape index (κ3) is 5.45. The Hall–Kier alpha value is -2.21. The smallest absolute Gasteiger partial charge is 0.277 e. The van der Waals surface area contributed by atoms with Crippen molar-refractivity contribution >= 4 is 28.1 Å². The van der Waals surface area contributed by atoms with E-state index in [9.17, 15) is 4.79 Å². The van der Waals surface area contributed by atoms with E-state index >= 15 is 0 Å². The topological polar surface area (TPSA) is 63.6 Å². The van der Waals surface area contributed by atoms with E-state index in [-0.39, 0.29) is 17.9 Å². The monoisotopic (exact) mass is 389 g/mol. The van der Waals surface area contributed by atoms with Crippen molar-refractivity contribution < 1.29 is 9.53 Å². The first-order valence-electron chi connectivity index (χ1n) is 7.51. The van der Waals surface area contributed by atoms with Gasteiger partial charge in [0.1, 0.15) is 5.75 Å².